The monoisotopic (exact) mass is 1320 g/mol. The fourth-order valence-corrected chi connectivity index (χ4v) is 15.7. The lowest BCUT2D eigenvalue weighted by molar-refractivity contribution is 0.303. The molecule has 0 radical (unpaired) electrons. The lowest BCUT2D eigenvalue weighted by atomic mass is 9.77. The summed E-state index contributed by atoms with van der Waals surface area (Å²) in [6.07, 6.45) is 39.0. The standard InChI is InChI=1S/C26H32.2C25H30.C24H28/c1-3-4-5-6-22-13-17-25(18-14-22)26-19-15-24(16-20-26)12-11-23-9-7-21(2)8-10-23;2*1-3-4-5-21-12-16-24(17-13-21)25-18-14-23(15-19-25)11-10-22-8-6-20(2)7-9-22;1-3-4-20-11-15-23(16-12-20)24-17-13-22(14-18-24)10-9-21-7-5-19(2)6-8-21/h7-10,15-16,19-20,22,25H,3-6,13-14,17-18H2,1-2H3;2*6-9,14-15,18-19,21,24H,3-5,12-13,16-17H2,1-2H3;5-8,13-14,17-18,20,23H,3-4,11-12,15-16H2,1-2H3. The van der Waals surface area contributed by atoms with Gasteiger partial charge >= 0.3 is 0 Å². The molecular formula is C100H120. The molecule has 0 heteroatoms. The molecule has 520 valence electrons. The van der Waals surface area contributed by atoms with Crippen molar-refractivity contribution in [1.29, 1.82) is 0 Å². The van der Waals surface area contributed by atoms with Gasteiger partial charge in [-0.25, -0.2) is 0 Å². The number of hydrogen-bond donors (Lipinski definition) is 0. The van der Waals surface area contributed by atoms with Crippen LogP contribution in [0.25, 0.3) is 0 Å². The molecule has 0 spiro atoms. The highest BCUT2D eigenvalue weighted by Crippen LogP contribution is 2.41. The summed E-state index contributed by atoms with van der Waals surface area (Å²) < 4.78 is 0. The van der Waals surface area contributed by atoms with Crippen molar-refractivity contribution >= 4 is 0 Å². The van der Waals surface area contributed by atoms with Gasteiger partial charge in [0.2, 0.25) is 0 Å². The second-order valence-electron chi connectivity index (χ2n) is 30.4. The molecule has 4 aliphatic carbocycles. The van der Waals surface area contributed by atoms with Crippen LogP contribution in [0.5, 0.6) is 0 Å². The minimum absolute atomic E-state index is 0.761. The Balaban J connectivity index is 0.000000156. The molecule has 0 bridgehead atoms. The average Bonchev–Trinajstić information content (AvgIpc) is 0.899. The third kappa shape index (κ3) is 26.5. The highest BCUT2D eigenvalue weighted by molar-refractivity contribution is 5.48. The summed E-state index contributed by atoms with van der Waals surface area (Å²) in [7, 11) is 0. The smallest absolute Gasteiger partial charge is 0.0249 e. The number of hydrogen-bond acceptors (Lipinski definition) is 0. The zero-order valence-corrected chi connectivity index (χ0v) is 62.9. The van der Waals surface area contributed by atoms with Crippen LogP contribution in [-0.2, 0) is 0 Å². The normalized spacial score (nSPS) is 19.9. The molecule has 4 fully saturated rings. The molecule has 8 aromatic carbocycles. The fourth-order valence-electron chi connectivity index (χ4n) is 15.7. The fraction of sp³-hybridized carbons (Fsp3) is 0.440. The Morgan fingerprint density at radius 1 is 0.200 bits per heavy atom. The summed E-state index contributed by atoms with van der Waals surface area (Å²) in [6, 6.07) is 69.6. The second kappa shape index (κ2) is 42.3. The minimum atomic E-state index is 0.761. The molecular weight excluding hydrogens is 1200 g/mol. The summed E-state index contributed by atoms with van der Waals surface area (Å²) in [5, 5.41) is 0. The highest BCUT2D eigenvalue weighted by atomic mass is 14.3. The highest BCUT2D eigenvalue weighted by Gasteiger charge is 2.25. The zero-order chi connectivity index (χ0) is 69.9. The van der Waals surface area contributed by atoms with Crippen LogP contribution in [0.15, 0.2) is 194 Å². The largest absolute Gasteiger partial charge is 0.0654 e. The van der Waals surface area contributed by atoms with Crippen LogP contribution in [-0.4, -0.2) is 0 Å². The van der Waals surface area contributed by atoms with Crippen LogP contribution in [0, 0.1) is 98.7 Å². The van der Waals surface area contributed by atoms with Crippen LogP contribution in [0.4, 0.5) is 0 Å². The first-order valence-corrected chi connectivity index (χ1v) is 39.7. The molecule has 0 N–H and O–H groups in total. The van der Waals surface area contributed by atoms with Crippen molar-refractivity contribution in [3.63, 3.8) is 0 Å². The Labute approximate surface area is 609 Å². The summed E-state index contributed by atoms with van der Waals surface area (Å²) in [5.74, 6) is 33.2. The molecule has 0 saturated heterocycles. The molecule has 0 heterocycles. The molecule has 100 heavy (non-hydrogen) atoms. The predicted molar refractivity (Wildman–Crippen MR) is 431 cm³/mol. The third-order valence-electron chi connectivity index (χ3n) is 22.4. The maximum Gasteiger partial charge on any atom is 0.0249 e. The van der Waals surface area contributed by atoms with Gasteiger partial charge in [-0.1, -0.05) is 271 Å². The Hall–Kier alpha value is -8.00. The third-order valence-corrected chi connectivity index (χ3v) is 22.4. The van der Waals surface area contributed by atoms with E-state index in [2.05, 4.69) is 297 Å². The van der Waals surface area contributed by atoms with Crippen molar-refractivity contribution in [3.8, 4) is 47.4 Å². The van der Waals surface area contributed by atoms with Crippen LogP contribution >= 0.6 is 0 Å². The van der Waals surface area contributed by atoms with Gasteiger partial charge in [0.15, 0.2) is 0 Å². The molecule has 4 aliphatic rings. The van der Waals surface area contributed by atoms with Gasteiger partial charge in [0.1, 0.15) is 0 Å². The Bertz CT molecular complexity index is 3720. The minimum Gasteiger partial charge on any atom is -0.0654 e. The number of rotatable bonds is 16. The Morgan fingerprint density at radius 2 is 0.380 bits per heavy atom. The molecule has 0 aliphatic heterocycles. The summed E-state index contributed by atoms with van der Waals surface area (Å²) in [4.78, 5) is 0. The Morgan fingerprint density at radius 3 is 0.570 bits per heavy atom. The van der Waals surface area contributed by atoms with Crippen LogP contribution < -0.4 is 0 Å². The average molecular weight is 1320 g/mol. The van der Waals surface area contributed by atoms with E-state index in [4.69, 9.17) is 0 Å². The van der Waals surface area contributed by atoms with Crippen molar-refractivity contribution in [2.24, 2.45) is 23.7 Å². The molecule has 0 amide bonds. The SMILES string of the molecule is CCCC1CCC(c2ccc(C#Cc3ccc(C)cc3)cc2)CC1.CCCCC1CCC(c2ccc(C#Cc3ccc(C)cc3)cc2)CC1.CCCCC1CCC(c2ccc(C#Cc3ccc(C)cc3)cc2)CC1.CCCCCC1CCC(c2ccc(C#Cc3ccc(C)cc3)cc2)CC1. The summed E-state index contributed by atoms with van der Waals surface area (Å²) in [6.45, 7) is 17.6. The van der Waals surface area contributed by atoms with Gasteiger partial charge in [-0.15, -0.1) is 0 Å². The molecule has 8 aromatic rings. The van der Waals surface area contributed by atoms with E-state index >= 15 is 0 Å². The topological polar surface area (TPSA) is 0 Å². The van der Waals surface area contributed by atoms with E-state index in [1.165, 1.54) is 224 Å². The van der Waals surface area contributed by atoms with Gasteiger partial charge in [-0.2, -0.15) is 0 Å². The summed E-state index contributed by atoms with van der Waals surface area (Å²) >= 11 is 0. The molecule has 12 rings (SSSR count). The lowest BCUT2D eigenvalue weighted by Gasteiger charge is -2.29. The zero-order valence-electron chi connectivity index (χ0n) is 62.9. The maximum absolute atomic E-state index is 3.30. The number of unbranched alkanes of at least 4 members (excludes halogenated alkanes) is 4. The van der Waals surface area contributed by atoms with E-state index in [1.807, 2.05) is 0 Å². The van der Waals surface area contributed by atoms with Gasteiger partial charge in [0.25, 0.3) is 0 Å². The Kier molecular flexibility index (Phi) is 32.2. The van der Waals surface area contributed by atoms with Crippen LogP contribution in [0.1, 0.15) is 320 Å². The molecule has 0 unspecified atom stereocenters. The first-order valence-electron chi connectivity index (χ1n) is 39.7. The summed E-state index contributed by atoms with van der Waals surface area (Å²) in [5.41, 5.74) is 19.9. The van der Waals surface area contributed by atoms with Crippen LogP contribution in [0.3, 0.4) is 0 Å². The number of aryl methyl sites for hydroxylation is 4. The van der Waals surface area contributed by atoms with E-state index in [1.54, 1.807) is 0 Å². The van der Waals surface area contributed by atoms with E-state index in [9.17, 15) is 0 Å². The molecule has 4 saturated carbocycles. The lowest BCUT2D eigenvalue weighted by Crippen LogP contribution is -2.13. The maximum atomic E-state index is 3.30. The molecule has 0 atom stereocenters. The second-order valence-corrected chi connectivity index (χ2v) is 30.4. The van der Waals surface area contributed by atoms with E-state index in [-0.39, 0.29) is 0 Å². The van der Waals surface area contributed by atoms with Crippen molar-refractivity contribution in [3.05, 3.63) is 283 Å². The van der Waals surface area contributed by atoms with E-state index in [0.29, 0.717) is 0 Å². The van der Waals surface area contributed by atoms with Gasteiger partial charge in [-0.3, -0.25) is 0 Å². The van der Waals surface area contributed by atoms with Crippen molar-refractivity contribution in [2.75, 3.05) is 0 Å². The van der Waals surface area contributed by atoms with Gasteiger partial charge in [0.05, 0.1) is 0 Å². The van der Waals surface area contributed by atoms with Crippen molar-refractivity contribution < 1.29 is 0 Å². The number of benzene rings is 8. The van der Waals surface area contributed by atoms with Crippen molar-refractivity contribution in [1.82, 2.24) is 0 Å². The van der Waals surface area contributed by atoms with Gasteiger partial charge in [0, 0.05) is 44.5 Å². The quantitative estimate of drug-likeness (QED) is 0.0668. The molecule has 0 aromatic heterocycles. The van der Waals surface area contributed by atoms with Crippen LogP contribution in [0.2, 0.25) is 0 Å². The van der Waals surface area contributed by atoms with Crippen molar-refractivity contribution in [2.45, 2.75) is 259 Å². The van der Waals surface area contributed by atoms with E-state index < -0.39 is 0 Å². The first-order chi connectivity index (χ1) is 49.0. The van der Waals surface area contributed by atoms with E-state index in [0.717, 1.165) is 91.9 Å². The first kappa shape index (κ1) is 76.2. The van der Waals surface area contributed by atoms with Gasteiger partial charge in [-0.05, 0) is 297 Å². The van der Waals surface area contributed by atoms with Gasteiger partial charge < -0.3 is 0 Å². The predicted octanol–water partition coefficient (Wildman–Crippen LogP) is 27.4. The molecule has 0 nitrogen and oxygen atoms in total.